The van der Waals surface area contributed by atoms with Crippen molar-refractivity contribution in [2.45, 2.75) is 56.5 Å². The summed E-state index contributed by atoms with van der Waals surface area (Å²) in [6.45, 7) is 4.12. The molecule has 0 aromatic heterocycles. The number of hydroxylamine groups is 2. The highest BCUT2D eigenvalue weighted by atomic mass is 32.2. The van der Waals surface area contributed by atoms with E-state index in [1.807, 2.05) is 43.3 Å². The molecule has 1 atom stereocenters. The van der Waals surface area contributed by atoms with E-state index >= 15 is 0 Å². The lowest BCUT2D eigenvalue weighted by atomic mass is 9.91. The lowest BCUT2D eigenvalue weighted by Crippen LogP contribution is -2.49. The van der Waals surface area contributed by atoms with Crippen molar-refractivity contribution in [1.82, 2.24) is 5.06 Å². The number of hydrogen-bond acceptors (Lipinski definition) is 6. The molecule has 1 N–H and O–H groups in total. The van der Waals surface area contributed by atoms with Crippen molar-refractivity contribution >= 4 is 9.84 Å². The number of fused-ring (bicyclic) bond motifs is 1. The smallest absolute Gasteiger partial charge is 0.180 e. The van der Waals surface area contributed by atoms with Crippen LogP contribution in [-0.2, 0) is 16.4 Å². The molecule has 3 rings (SSSR count). The average molecular weight is 436 g/mol. The minimum Gasteiger partial charge on any atom is -0.493 e. The molecule has 166 valence electrons. The highest BCUT2D eigenvalue weighted by molar-refractivity contribution is 7.91. The average Bonchev–Trinajstić information content (AvgIpc) is 2.85. The highest BCUT2D eigenvalue weighted by Gasteiger charge is 2.43. The van der Waals surface area contributed by atoms with E-state index in [1.165, 1.54) is 25.3 Å². The van der Waals surface area contributed by atoms with Crippen molar-refractivity contribution in [3.8, 4) is 11.5 Å². The van der Waals surface area contributed by atoms with Crippen molar-refractivity contribution in [2.24, 2.45) is 0 Å². The van der Waals surface area contributed by atoms with Crippen LogP contribution < -0.4 is 9.47 Å². The molecule has 0 bridgehead atoms. The molecule has 30 heavy (non-hydrogen) atoms. The first-order valence-electron chi connectivity index (χ1n) is 10.3. The summed E-state index contributed by atoms with van der Waals surface area (Å²) in [4.78, 5) is 0.214. The lowest BCUT2D eigenvalue weighted by molar-refractivity contribution is -0.178. The minimum atomic E-state index is -3.56. The van der Waals surface area contributed by atoms with Crippen LogP contribution in [0.25, 0.3) is 0 Å². The van der Waals surface area contributed by atoms with E-state index < -0.39 is 15.4 Å². The zero-order chi connectivity index (χ0) is 22.2. The van der Waals surface area contributed by atoms with Crippen molar-refractivity contribution in [1.29, 1.82) is 0 Å². The predicted octanol–water partition coefficient (Wildman–Crippen LogP) is 4.71. The number of unbranched alkanes of at least 4 members (excludes halogenated alkanes) is 1. The molecule has 1 aliphatic heterocycles. The van der Waals surface area contributed by atoms with Crippen LogP contribution in [0.4, 0.5) is 0 Å². The first kappa shape index (κ1) is 24.2. The second-order valence-corrected chi connectivity index (χ2v) is 9.43. The van der Waals surface area contributed by atoms with Crippen LogP contribution in [-0.4, -0.2) is 44.2 Å². The summed E-state index contributed by atoms with van der Waals surface area (Å²) in [6, 6.07) is 15.1. The summed E-state index contributed by atoms with van der Waals surface area (Å²) in [5, 5.41) is 11.9. The molecule has 0 saturated carbocycles. The molecule has 0 aliphatic carbocycles. The fourth-order valence-corrected chi connectivity index (χ4v) is 5.87. The molecule has 0 spiro atoms. The molecule has 0 radical (unpaired) electrons. The van der Waals surface area contributed by atoms with Gasteiger partial charge >= 0.3 is 0 Å². The Hall–Kier alpha value is -2.09. The summed E-state index contributed by atoms with van der Waals surface area (Å²) in [5.41, 5.74) is -0.240. The molecule has 2 aromatic rings. The zero-order valence-electron chi connectivity index (χ0n) is 18.3. The van der Waals surface area contributed by atoms with Gasteiger partial charge in [-0.3, -0.25) is 0 Å². The van der Waals surface area contributed by atoms with E-state index in [0.717, 1.165) is 12.8 Å². The number of methoxy groups -OCH3 is 2. The number of hydrogen-bond donors (Lipinski definition) is 1. The van der Waals surface area contributed by atoms with Crippen molar-refractivity contribution in [2.75, 3.05) is 20.0 Å². The van der Waals surface area contributed by atoms with Crippen LogP contribution in [0.15, 0.2) is 53.4 Å². The molecular weight excluding hydrogens is 402 g/mol. The Morgan fingerprint density at radius 1 is 1.00 bits per heavy atom. The number of nitrogens with zero attached hydrogens (tertiary/aromatic N) is 1. The number of rotatable bonds is 6. The normalized spacial score (nSPS) is 20.3. The van der Waals surface area contributed by atoms with Gasteiger partial charge in [0.2, 0.25) is 0 Å². The summed E-state index contributed by atoms with van der Waals surface area (Å²) in [6.07, 6.45) is 3.01. The van der Waals surface area contributed by atoms with E-state index in [-0.39, 0.29) is 17.2 Å². The van der Waals surface area contributed by atoms with Gasteiger partial charge in [-0.2, -0.15) is 5.06 Å². The maximum atomic E-state index is 13.0. The van der Waals surface area contributed by atoms with Crippen LogP contribution in [0.3, 0.4) is 0 Å². The third-order valence-electron chi connectivity index (χ3n) is 5.55. The molecule has 0 unspecified atom stereocenters. The van der Waals surface area contributed by atoms with Gasteiger partial charge in [0.1, 0.15) is 0 Å². The molecule has 6 nitrogen and oxygen atoms in total. The fourth-order valence-electron chi connectivity index (χ4n) is 3.70. The Morgan fingerprint density at radius 2 is 1.53 bits per heavy atom. The first-order chi connectivity index (χ1) is 14.3. The van der Waals surface area contributed by atoms with E-state index in [2.05, 4.69) is 6.92 Å². The number of ether oxygens (including phenoxy) is 2. The van der Waals surface area contributed by atoms with Gasteiger partial charge in [-0.25, -0.2) is 8.42 Å². The van der Waals surface area contributed by atoms with Gasteiger partial charge in [-0.15, -0.1) is 0 Å². The largest absolute Gasteiger partial charge is 0.493 e. The van der Waals surface area contributed by atoms with E-state index in [9.17, 15) is 13.6 Å². The molecule has 2 aromatic carbocycles. The minimum absolute atomic E-state index is 0.102. The Bertz CT molecular complexity index is 875. The van der Waals surface area contributed by atoms with Crippen molar-refractivity contribution < 1.29 is 23.1 Å². The highest BCUT2D eigenvalue weighted by Crippen LogP contribution is 2.40. The number of benzene rings is 2. The summed E-state index contributed by atoms with van der Waals surface area (Å²) in [5.74, 6) is 0.731. The third-order valence-corrected chi connectivity index (χ3v) is 7.52. The predicted molar refractivity (Wildman–Crippen MR) is 118 cm³/mol. The second-order valence-electron chi connectivity index (χ2n) is 7.47. The SMILES string of the molecule is CCCC[C@@]1(CC)CS(=O)(=O)c2cc(OC)c(OC)cc2CN1O.c1ccccc1. The lowest BCUT2D eigenvalue weighted by Gasteiger charge is -2.37. The zero-order valence-corrected chi connectivity index (χ0v) is 19.1. The van der Waals surface area contributed by atoms with Gasteiger partial charge in [0.25, 0.3) is 0 Å². The second kappa shape index (κ2) is 10.8. The van der Waals surface area contributed by atoms with Gasteiger partial charge in [-0.1, -0.05) is 63.1 Å². The summed E-state index contributed by atoms with van der Waals surface area (Å²) >= 11 is 0. The Morgan fingerprint density at radius 3 is 2.00 bits per heavy atom. The van der Waals surface area contributed by atoms with E-state index in [4.69, 9.17) is 9.47 Å². The van der Waals surface area contributed by atoms with Gasteiger partial charge in [0.05, 0.1) is 37.0 Å². The maximum Gasteiger partial charge on any atom is 0.180 e. The fraction of sp³-hybridized carbons (Fsp3) is 0.478. The molecule has 0 amide bonds. The van der Waals surface area contributed by atoms with Crippen molar-refractivity contribution in [3.05, 3.63) is 54.1 Å². The molecule has 0 fully saturated rings. The third kappa shape index (κ3) is 5.53. The Kier molecular flexibility index (Phi) is 8.70. The quantitative estimate of drug-likeness (QED) is 0.708. The Balaban J connectivity index is 0.000000456. The summed E-state index contributed by atoms with van der Waals surface area (Å²) < 4.78 is 36.5. The first-order valence-corrected chi connectivity index (χ1v) is 11.9. The van der Waals surface area contributed by atoms with E-state index in [0.29, 0.717) is 29.9 Å². The standard InChI is InChI=1S/C17H27NO5S.C6H6/c1-5-7-8-17(6-2)12-24(20,21)16-10-15(23-4)14(22-3)9-13(16)11-18(17)19;1-2-4-6-5-3-1/h9-10,19H,5-8,11-12H2,1-4H3;1-6H/t17-;/m0./s1. The molecule has 0 saturated heterocycles. The maximum absolute atomic E-state index is 13.0. The van der Waals surface area contributed by atoms with Crippen LogP contribution >= 0.6 is 0 Å². The summed E-state index contributed by atoms with van der Waals surface area (Å²) in [7, 11) is -0.577. The molecular formula is C23H33NO5S. The topological polar surface area (TPSA) is 76.1 Å². The van der Waals surface area contributed by atoms with Gasteiger partial charge in [0, 0.05) is 6.07 Å². The van der Waals surface area contributed by atoms with Gasteiger partial charge < -0.3 is 14.7 Å². The van der Waals surface area contributed by atoms with Gasteiger partial charge in [-0.05, 0) is 24.5 Å². The monoisotopic (exact) mass is 435 g/mol. The molecule has 1 heterocycles. The van der Waals surface area contributed by atoms with Crippen LogP contribution in [0.2, 0.25) is 0 Å². The van der Waals surface area contributed by atoms with Crippen LogP contribution in [0.5, 0.6) is 11.5 Å². The van der Waals surface area contributed by atoms with Crippen LogP contribution in [0, 0.1) is 0 Å². The van der Waals surface area contributed by atoms with Crippen LogP contribution in [0.1, 0.15) is 45.1 Å². The van der Waals surface area contributed by atoms with Crippen molar-refractivity contribution in [3.63, 3.8) is 0 Å². The Labute approximate surface area is 180 Å². The number of sulfone groups is 1. The molecule has 1 aliphatic rings. The van der Waals surface area contributed by atoms with E-state index in [1.54, 1.807) is 6.07 Å². The van der Waals surface area contributed by atoms with Gasteiger partial charge in [0.15, 0.2) is 21.3 Å². The molecule has 7 heteroatoms.